The lowest BCUT2D eigenvalue weighted by Crippen LogP contribution is -2.37. The van der Waals surface area contributed by atoms with E-state index in [-0.39, 0.29) is 17.4 Å². The molecule has 0 radical (unpaired) electrons. The first kappa shape index (κ1) is 9.99. The van der Waals surface area contributed by atoms with E-state index in [1.54, 1.807) is 0 Å². The molecule has 0 bridgehead atoms. The maximum absolute atomic E-state index is 11.1. The largest absolute Gasteiger partial charge is 0.389 e. The van der Waals surface area contributed by atoms with Crippen molar-refractivity contribution in [3.8, 4) is 0 Å². The molecule has 0 aromatic heterocycles. The van der Waals surface area contributed by atoms with Crippen LogP contribution in [0, 0.1) is 5.92 Å². The zero-order valence-electron chi connectivity index (χ0n) is 7.58. The molecule has 0 saturated carbocycles. The Bertz CT molecular complexity index is 257. The molecule has 3 nitrogen and oxygen atoms in total. The maximum Gasteiger partial charge on any atom is 0.153 e. The minimum atomic E-state index is -2.96. The van der Waals surface area contributed by atoms with Crippen LogP contribution in [0.5, 0.6) is 0 Å². The van der Waals surface area contributed by atoms with Gasteiger partial charge in [-0.05, 0) is 12.3 Å². The molecule has 1 fully saturated rings. The van der Waals surface area contributed by atoms with Gasteiger partial charge in [0.2, 0.25) is 0 Å². The molecule has 0 aromatic carbocycles. The first-order chi connectivity index (χ1) is 5.40. The molecule has 4 heteroatoms. The van der Waals surface area contributed by atoms with Gasteiger partial charge in [-0.2, -0.15) is 0 Å². The molecular formula is C8H16O3S. The van der Waals surface area contributed by atoms with Gasteiger partial charge in [0.15, 0.2) is 9.84 Å². The van der Waals surface area contributed by atoms with Gasteiger partial charge in [0.05, 0.1) is 17.1 Å². The maximum atomic E-state index is 11.1. The summed E-state index contributed by atoms with van der Waals surface area (Å²) in [6.07, 6.45) is 1.23. The van der Waals surface area contributed by atoms with Crippen LogP contribution >= 0.6 is 0 Å². The van der Waals surface area contributed by atoms with E-state index in [0.29, 0.717) is 6.42 Å². The molecule has 72 valence electrons. The van der Waals surface area contributed by atoms with Gasteiger partial charge in [-0.3, -0.25) is 0 Å². The summed E-state index contributed by atoms with van der Waals surface area (Å²) in [5, 5.41) is 9.92. The predicted molar refractivity (Wildman–Crippen MR) is 47.7 cm³/mol. The summed E-state index contributed by atoms with van der Waals surface area (Å²) in [6, 6.07) is 0. The average Bonchev–Trinajstić information content (AvgIpc) is 2.25. The van der Waals surface area contributed by atoms with Gasteiger partial charge in [-0.25, -0.2) is 8.42 Å². The molecular weight excluding hydrogens is 176 g/mol. The van der Waals surface area contributed by atoms with E-state index in [1.807, 2.05) is 13.8 Å². The van der Waals surface area contributed by atoms with Crippen LogP contribution in [0.3, 0.4) is 0 Å². The molecule has 1 heterocycles. The van der Waals surface area contributed by atoms with Crippen LogP contribution in [0.2, 0.25) is 0 Å². The van der Waals surface area contributed by atoms with Crippen LogP contribution in [-0.2, 0) is 9.84 Å². The fraction of sp³-hybridized carbons (Fsp3) is 1.00. The van der Waals surface area contributed by atoms with Gasteiger partial charge in [0, 0.05) is 0 Å². The molecule has 0 aliphatic carbocycles. The number of hydrogen-bond donors (Lipinski definition) is 1. The summed E-state index contributed by atoms with van der Waals surface area (Å²) < 4.78 is 22.2. The van der Waals surface area contributed by atoms with Crippen LogP contribution < -0.4 is 0 Å². The van der Waals surface area contributed by atoms with E-state index in [1.165, 1.54) is 0 Å². The van der Waals surface area contributed by atoms with Crippen molar-refractivity contribution < 1.29 is 13.5 Å². The third-order valence-corrected chi connectivity index (χ3v) is 4.61. The monoisotopic (exact) mass is 192 g/mol. The SMILES string of the molecule is CCC(C)C1(O)CCS(=O)(=O)C1. The van der Waals surface area contributed by atoms with Crippen LogP contribution in [0.15, 0.2) is 0 Å². The smallest absolute Gasteiger partial charge is 0.153 e. The van der Waals surface area contributed by atoms with Crippen molar-refractivity contribution >= 4 is 9.84 Å². The van der Waals surface area contributed by atoms with Crippen LogP contribution in [0.1, 0.15) is 26.7 Å². The van der Waals surface area contributed by atoms with Crippen molar-refractivity contribution in [1.82, 2.24) is 0 Å². The highest BCUT2D eigenvalue weighted by Crippen LogP contribution is 2.32. The fourth-order valence-electron chi connectivity index (χ4n) is 1.63. The van der Waals surface area contributed by atoms with Crippen molar-refractivity contribution in [1.29, 1.82) is 0 Å². The quantitative estimate of drug-likeness (QED) is 0.696. The van der Waals surface area contributed by atoms with Crippen molar-refractivity contribution in [2.24, 2.45) is 5.92 Å². The summed E-state index contributed by atoms with van der Waals surface area (Å²) in [4.78, 5) is 0. The Morgan fingerprint density at radius 1 is 1.58 bits per heavy atom. The molecule has 0 amide bonds. The number of sulfone groups is 1. The van der Waals surface area contributed by atoms with Crippen LogP contribution in [-0.4, -0.2) is 30.6 Å². The lowest BCUT2D eigenvalue weighted by atomic mass is 9.87. The summed E-state index contributed by atoms with van der Waals surface area (Å²) >= 11 is 0. The average molecular weight is 192 g/mol. The lowest BCUT2D eigenvalue weighted by molar-refractivity contribution is 0.0121. The molecule has 1 aliphatic rings. The number of hydrogen-bond acceptors (Lipinski definition) is 3. The normalized spacial score (nSPS) is 36.6. The zero-order chi connectivity index (χ0) is 9.41. The lowest BCUT2D eigenvalue weighted by Gasteiger charge is -2.27. The Morgan fingerprint density at radius 2 is 2.17 bits per heavy atom. The molecule has 2 atom stereocenters. The Kier molecular flexibility index (Phi) is 2.50. The van der Waals surface area contributed by atoms with Crippen molar-refractivity contribution in [2.45, 2.75) is 32.3 Å². The van der Waals surface area contributed by atoms with Crippen molar-refractivity contribution in [3.63, 3.8) is 0 Å². The Hall–Kier alpha value is -0.0900. The van der Waals surface area contributed by atoms with E-state index < -0.39 is 15.4 Å². The number of aliphatic hydroxyl groups is 1. The third kappa shape index (κ3) is 1.80. The second-order valence-electron chi connectivity index (χ2n) is 3.75. The highest BCUT2D eigenvalue weighted by Gasteiger charge is 2.43. The molecule has 12 heavy (non-hydrogen) atoms. The van der Waals surface area contributed by atoms with Gasteiger partial charge in [0.25, 0.3) is 0 Å². The zero-order valence-corrected chi connectivity index (χ0v) is 8.39. The first-order valence-electron chi connectivity index (χ1n) is 4.32. The third-order valence-electron chi connectivity index (χ3n) is 2.85. The fourth-order valence-corrected chi connectivity index (χ4v) is 3.63. The molecule has 1 aliphatic heterocycles. The number of rotatable bonds is 2. The second-order valence-corrected chi connectivity index (χ2v) is 5.94. The molecule has 0 spiro atoms. The van der Waals surface area contributed by atoms with E-state index in [4.69, 9.17) is 0 Å². The Labute approximate surface area is 73.7 Å². The summed E-state index contributed by atoms with van der Waals surface area (Å²) in [5.74, 6) is 0.179. The minimum Gasteiger partial charge on any atom is -0.389 e. The Balaban J connectivity index is 2.77. The van der Waals surface area contributed by atoms with Crippen molar-refractivity contribution in [3.05, 3.63) is 0 Å². The van der Waals surface area contributed by atoms with Gasteiger partial charge >= 0.3 is 0 Å². The summed E-state index contributed by atoms with van der Waals surface area (Å²) in [7, 11) is -2.96. The molecule has 0 aromatic rings. The minimum absolute atomic E-state index is 0.0466. The van der Waals surface area contributed by atoms with Gasteiger partial charge in [0.1, 0.15) is 0 Å². The van der Waals surface area contributed by atoms with E-state index in [2.05, 4.69) is 0 Å². The van der Waals surface area contributed by atoms with E-state index in [9.17, 15) is 13.5 Å². The first-order valence-corrected chi connectivity index (χ1v) is 6.14. The van der Waals surface area contributed by atoms with Gasteiger partial charge in [-0.15, -0.1) is 0 Å². The highest BCUT2D eigenvalue weighted by atomic mass is 32.2. The standard InChI is InChI=1S/C8H16O3S/c1-3-7(2)8(9)4-5-12(10,11)6-8/h7,9H,3-6H2,1-2H3. The Morgan fingerprint density at radius 3 is 2.50 bits per heavy atom. The summed E-state index contributed by atoms with van der Waals surface area (Å²) in [6.45, 7) is 3.87. The van der Waals surface area contributed by atoms with Gasteiger partial charge < -0.3 is 5.11 Å². The molecule has 1 saturated heterocycles. The van der Waals surface area contributed by atoms with E-state index in [0.717, 1.165) is 6.42 Å². The van der Waals surface area contributed by atoms with Crippen molar-refractivity contribution in [2.75, 3.05) is 11.5 Å². The molecule has 1 rings (SSSR count). The van der Waals surface area contributed by atoms with Gasteiger partial charge in [-0.1, -0.05) is 20.3 Å². The summed E-state index contributed by atoms with van der Waals surface area (Å²) in [5.41, 5.74) is -0.951. The van der Waals surface area contributed by atoms with Crippen LogP contribution in [0.25, 0.3) is 0 Å². The molecule has 1 N–H and O–H groups in total. The second kappa shape index (κ2) is 3.00. The van der Waals surface area contributed by atoms with Crippen LogP contribution in [0.4, 0.5) is 0 Å². The predicted octanol–water partition coefficient (Wildman–Crippen LogP) is 0.582. The molecule has 2 unspecified atom stereocenters. The van der Waals surface area contributed by atoms with E-state index >= 15 is 0 Å². The highest BCUT2D eigenvalue weighted by molar-refractivity contribution is 7.91. The topological polar surface area (TPSA) is 54.4 Å².